The molecule has 634 valence electrons. The van der Waals surface area contributed by atoms with E-state index in [-0.39, 0.29) is 105 Å². The van der Waals surface area contributed by atoms with Crippen molar-refractivity contribution in [3.63, 3.8) is 0 Å². The number of imidazole rings is 3. The number of anilines is 2. The first kappa shape index (κ1) is 84.2. The monoisotopic (exact) mass is 1670 g/mol. The number of nitrogens with zero attached hydrogens (tertiary/aromatic N) is 14. The molecule has 9 aliphatic rings. The Balaban J connectivity index is 0.000000138. The molecule has 9 aromatic rings. The molecule has 3 aliphatic heterocycles. The summed E-state index contributed by atoms with van der Waals surface area (Å²) in [6.07, 6.45) is 22.2. The molecule has 3 aromatic carbocycles. The van der Waals surface area contributed by atoms with Gasteiger partial charge in [0.2, 0.25) is 11.1 Å². The van der Waals surface area contributed by atoms with Crippen molar-refractivity contribution in [2.45, 2.75) is 196 Å². The van der Waals surface area contributed by atoms with Gasteiger partial charge >= 0.3 is 6.09 Å². The number of fused-ring (bicyclic) bond motifs is 3. The summed E-state index contributed by atoms with van der Waals surface area (Å²) in [6, 6.07) is 10.3. The minimum Gasteiger partial charge on any atom is -0.444 e. The van der Waals surface area contributed by atoms with E-state index in [2.05, 4.69) is 89.8 Å². The van der Waals surface area contributed by atoms with Crippen molar-refractivity contribution in [3.05, 3.63) is 154 Å². The lowest BCUT2D eigenvalue weighted by Crippen LogP contribution is -2.41. The Kier molecular flexibility index (Phi) is 24.7. The highest BCUT2D eigenvalue weighted by Crippen LogP contribution is 2.43. The standard InChI is InChI=1S/C31H37FN6O4.C28H30FN7O3.C25H28FN7O2.C3H3ClO/c1-31(2,3)42-30(40)36-15-21(13-22(36)16-41-4)38-27(11-18-5-6-18)28(29(33)39)24(35-38)10-7-19-12-25-26(14-23(19)32)37(17-34-25)20-8-9-20;1-3-25(37)34-13-19(11-20(34)14-39-2)36-28(32-17-5-6-17)26(27(30)38)22(33-36)9-4-16-10-23-24(12-21(16)29)35(15-31-23)18-7-8-18;1-35-12-16-9-18(11-28-16)33-25(30-15-3-4-15)23(24(27)34)20(31-33)7-2-14-8-21-22(10-19(14)26)32(13-29-21)17-5-6-17;1-2-3(4)5/h12,14,17-18,20-22H,5-6,8-9,11,13,15-16H2,1-4H3,(H2,33,39);3,10,12,15,17-20,32H,1,5-8,11,13-14H2,2H3,(H2,30,38);8,10,13,15-18,28,30H,3-6,9,11-12H2,1H3,(H2,27,34);2H,1H2/t21-,22+;19-,20+;16-,18+;/m001./s1. The first-order chi connectivity index (χ1) is 58.2. The second-order valence-electron chi connectivity index (χ2n) is 33.4. The van der Waals surface area contributed by atoms with E-state index >= 15 is 8.78 Å². The number of hydrogen-bond acceptors (Lipinski definition) is 19. The molecule has 5 amide bonds. The first-order valence-corrected chi connectivity index (χ1v) is 41.3. The number of allylic oxidation sites excluding steroid dienone is 1. The number of likely N-dealkylation sites (tertiary alicyclic amines) is 2. The number of hydrogen-bond donors (Lipinski definition) is 6. The van der Waals surface area contributed by atoms with Gasteiger partial charge in [-0.25, -0.2) is 42.3 Å². The topological polar surface area (TPSA) is 367 Å². The van der Waals surface area contributed by atoms with E-state index in [0.29, 0.717) is 117 Å². The van der Waals surface area contributed by atoms with Crippen LogP contribution < -0.4 is 33.2 Å². The summed E-state index contributed by atoms with van der Waals surface area (Å²) in [5, 5.41) is 23.9. The zero-order chi connectivity index (χ0) is 85.4. The molecule has 6 saturated carbocycles. The van der Waals surface area contributed by atoms with Crippen LogP contribution in [0.1, 0.15) is 224 Å². The molecule has 0 radical (unpaired) electrons. The van der Waals surface area contributed by atoms with Crippen molar-refractivity contribution < 1.29 is 60.9 Å². The van der Waals surface area contributed by atoms with Crippen LogP contribution in [-0.4, -0.2) is 199 Å². The van der Waals surface area contributed by atoms with Gasteiger partial charge in [0.15, 0.2) is 11.4 Å². The fourth-order valence-corrected chi connectivity index (χ4v) is 15.9. The van der Waals surface area contributed by atoms with Gasteiger partial charge < -0.3 is 75.6 Å². The summed E-state index contributed by atoms with van der Waals surface area (Å²) in [5.41, 5.74) is 23.7. The summed E-state index contributed by atoms with van der Waals surface area (Å²) in [6.45, 7) is 14.8. The Bertz CT molecular complexity index is 5760. The van der Waals surface area contributed by atoms with Crippen molar-refractivity contribution in [2.75, 3.05) is 71.4 Å². The maximum absolute atomic E-state index is 15.2. The number of ether oxygens (including phenoxy) is 4. The molecular weight excluding hydrogens is 1580 g/mol. The van der Waals surface area contributed by atoms with Crippen LogP contribution in [0.2, 0.25) is 0 Å². The normalized spacial score (nSPS) is 20.3. The maximum atomic E-state index is 15.2. The molecule has 30 nitrogen and oxygen atoms in total. The fraction of sp³-hybridized carbons (Fsp3) is 0.471. The Labute approximate surface area is 701 Å². The molecule has 0 spiro atoms. The lowest BCUT2D eigenvalue weighted by Gasteiger charge is -2.28. The van der Waals surface area contributed by atoms with Crippen LogP contribution in [0.15, 0.2) is 80.7 Å². The highest BCUT2D eigenvalue weighted by molar-refractivity contribution is 6.66. The van der Waals surface area contributed by atoms with Gasteiger partial charge in [-0.1, -0.05) is 30.9 Å². The Morgan fingerprint density at radius 2 is 0.926 bits per heavy atom. The van der Waals surface area contributed by atoms with Crippen LogP contribution in [-0.2, 0) is 35.0 Å². The van der Waals surface area contributed by atoms with E-state index in [1.807, 2.05) is 43.8 Å². The number of halogens is 4. The van der Waals surface area contributed by atoms with Crippen molar-refractivity contribution in [3.8, 4) is 35.5 Å². The minimum absolute atomic E-state index is 0.0181. The molecule has 18 rings (SSSR count). The number of nitrogens with one attached hydrogen (secondary N) is 3. The van der Waals surface area contributed by atoms with E-state index in [0.717, 1.165) is 106 Å². The number of amides is 5. The second-order valence-corrected chi connectivity index (χ2v) is 33.7. The molecule has 9 fully saturated rings. The summed E-state index contributed by atoms with van der Waals surface area (Å²) >= 11 is 4.71. The van der Waals surface area contributed by atoms with Crippen LogP contribution in [0.25, 0.3) is 33.1 Å². The average Bonchev–Trinajstić information content (AvgIpc) is 1.59. The van der Waals surface area contributed by atoms with E-state index in [9.17, 15) is 33.2 Å². The molecule has 6 aliphatic carbocycles. The lowest BCUT2D eigenvalue weighted by molar-refractivity contribution is -0.127. The molecule has 0 unspecified atom stereocenters. The van der Waals surface area contributed by atoms with Crippen LogP contribution in [0, 0.1) is 58.9 Å². The third-order valence-corrected chi connectivity index (χ3v) is 22.9. The van der Waals surface area contributed by atoms with Crippen molar-refractivity contribution in [1.82, 2.24) is 73.1 Å². The number of benzene rings is 3. The minimum atomic E-state index is -0.682. The molecule has 0 bridgehead atoms. The molecule has 9 heterocycles. The second kappa shape index (κ2) is 35.5. The summed E-state index contributed by atoms with van der Waals surface area (Å²) < 4.78 is 78.3. The van der Waals surface area contributed by atoms with Gasteiger partial charge in [0, 0.05) is 95.4 Å². The number of rotatable bonds is 23. The van der Waals surface area contributed by atoms with Crippen molar-refractivity contribution in [2.24, 2.45) is 23.1 Å². The predicted octanol–water partition coefficient (Wildman–Crippen LogP) is 10.4. The number of methoxy groups -OCH3 is 3. The summed E-state index contributed by atoms with van der Waals surface area (Å²) in [7, 11) is 4.86. The zero-order valence-corrected chi connectivity index (χ0v) is 69.1. The molecule has 34 heteroatoms. The van der Waals surface area contributed by atoms with E-state index in [1.54, 1.807) is 73.0 Å². The molecule has 6 aromatic heterocycles. The van der Waals surface area contributed by atoms with Crippen LogP contribution in [0.3, 0.4) is 0 Å². The average molecular weight is 1680 g/mol. The lowest BCUT2D eigenvalue weighted by atomic mass is 10.1. The van der Waals surface area contributed by atoms with Gasteiger partial charge in [0.1, 0.15) is 51.5 Å². The molecule has 3 saturated heterocycles. The Morgan fingerprint density at radius 3 is 1.31 bits per heavy atom. The van der Waals surface area contributed by atoms with Crippen LogP contribution in [0.5, 0.6) is 0 Å². The fourth-order valence-electron chi connectivity index (χ4n) is 15.9. The first-order valence-electron chi connectivity index (χ1n) is 41.0. The number of nitrogens with two attached hydrogens (primary N) is 3. The van der Waals surface area contributed by atoms with E-state index in [4.69, 9.17) is 52.8 Å². The molecular formula is C87H98ClF3N20O10. The summed E-state index contributed by atoms with van der Waals surface area (Å²) in [5.74, 6) is 15.4. The van der Waals surface area contributed by atoms with Gasteiger partial charge in [-0.3, -0.25) is 28.7 Å². The van der Waals surface area contributed by atoms with Gasteiger partial charge in [-0.05, 0) is 189 Å². The largest absolute Gasteiger partial charge is 0.444 e. The van der Waals surface area contributed by atoms with Gasteiger partial charge in [-0.2, -0.15) is 15.3 Å². The van der Waals surface area contributed by atoms with Gasteiger partial charge in [-0.15, -0.1) is 0 Å². The molecule has 6 atom stereocenters. The van der Waals surface area contributed by atoms with Crippen molar-refractivity contribution >= 4 is 91.3 Å². The SMILES string of the molecule is C=CC(=O)Cl.C=CC(=O)N1C[C@@H](n2nc(C#Cc3cc4ncn(C5CC5)c4cc3F)c(C(N)=O)c2NC2CC2)C[C@@H]1COC.COC[C@H]1C[C@H](n2nc(C#Cc3cc4ncn(C5CC5)c4cc3F)c(C(N)=O)c2CC2CC2)CN1C(=O)OC(C)(C)C.COC[C@H]1C[C@H](n2nc(C#Cc3cc4ncn(C5CC5)c4cc3F)c(C(N)=O)c2NC2CC2)CN1. The third-order valence-electron chi connectivity index (χ3n) is 22.7. The number of aromatic nitrogens is 12. The summed E-state index contributed by atoms with van der Waals surface area (Å²) in [4.78, 5) is 89.7. The molecule has 121 heavy (non-hydrogen) atoms. The van der Waals surface area contributed by atoms with E-state index in [1.165, 1.54) is 24.3 Å². The maximum Gasteiger partial charge on any atom is 0.410 e. The number of carbonyl (C=O) groups excluding carboxylic acids is 6. The number of primary amides is 3. The van der Waals surface area contributed by atoms with Gasteiger partial charge in [0.05, 0.1) is 130 Å². The Morgan fingerprint density at radius 1 is 0.529 bits per heavy atom. The number of carbonyl (C=O) groups is 6. The molecule has 9 N–H and O–H groups in total. The highest BCUT2D eigenvalue weighted by atomic mass is 35.5. The van der Waals surface area contributed by atoms with Crippen LogP contribution in [0.4, 0.5) is 29.6 Å². The third kappa shape index (κ3) is 19.3. The van der Waals surface area contributed by atoms with Crippen LogP contribution >= 0.6 is 11.6 Å². The van der Waals surface area contributed by atoms with Gasteiger partial charge in [0.25, 0.3) is 17.7 Å². The van der Waals surface area contributed by atoms with Crippen molar-refractivity contribution in [1.29, 1.82) is 0 Å². The Hall–Kier alpha value is -11.8. The van der Waals surface area contributed by atoms with E-state index < -0.39 is 52.1 Å². The predicted molar refractivity (Wildman–Crippen MR) is 446 cm³/mol. The highest BCUT2D eigenvalue weighted by Gasteiger charge is 2.44. The zero-order valence-electron chi connectivity index (χ0n) is 68.3. The smallest absolute Gasteiger partial charge is 0.410 e. The quantitative estimate of drug-likeness (QED) is 0.0197.